The standard InChI is InChI=1S/C23H23FN4O/c24-21-15-17(10-12-20(21)18-7-3-1-4-8-18)9-11-19-16-22(29-27-19)26-23(25)28-13-5-2-6-14-28/h1,3-4,7-12,15-16H,2,5-6,13-14H2,(H2,25,26). The minimum absolute atomic E-state index is 0.266. The molecule has 0 atom stereocenters. The number of likely N-dealkylation sites (tertiary alicyclic amines) is 1. The van der Waals surface area contributed by atoms with E-state index >= 15 is 0 Å². The van der Waals surface area contributed by atoms with E-state index in [1.165, 1.54) is 12.5 Å². The second-order valence-corrected chi connectivity index (χ2v) is 7.05. The molecule has 1 aliphatic heterocycles. The highest BCUT2D eigenvalue weighted by Crippen LogP contribution is 2.24. The molecule has 29 heavy (non-hydrogen) atoms. The van der Waals surface area contributed by atoms with Gasteiger partial charge in [-0.05, 0) is 42.5 Å². The number of benzene rings is 2. The van der Waals surface area contributed by atoms with Crippen LogP contribution in [0, 0.1) is 5.82 Å². The van der Waals surface area contributed by atoms with E-state index in [2.05, 4.69) is 15.0 Å². The first-order valence-corrected chi connectivity index (χ1v) is 9.78. The van der Waals surface area contributed by atoms with E-state index in [4.69, 9.17) is 10.3 Å². The Bertz CT molecular complexity index is 1020. The fraction of sp³-hybridized carbons (Fsp3) is 0.217. The smallest absolute Gasteiger partial charge is 0.254 e. The molecule has 2 aromatic carbocycles. The van der Waals surface area contributed by atoms with Crippen LogP contribution in [0.15, 0.2) is 64.1 Å². The molecule has 0 bridgehead atoms. The van der Waals surface area contributed by atoms with Crippen molar-refractivity contribution >= 4 is 24.0 Å². The summed E-state index contributed by atoms with van der Waals surface area (Å²) in [5.74, 6) is 0.548. The zero-order valence-electron chi connectivity index (χ0n) is 16.1. The third-order valence-corrected chi connectivity index (χ3v) is 4.95. The first-order valence-electron chi connectivity index (χ1n) is 9.78. The summed E-state index contributed by atoms with van der Waals surface area (Å²) in [7, 11) is 0. The number of aliphatic imine (C=N–C) groups is 1. The maximum atomic E-state index is 14.5. The number of guanidine groups is 1. The Morgan fingerprint density at radius 2 is 1.83 bits per heavy atom. The van der Waals surface area contributed by atoms with Crippen molar-refractivity contribution < 1.29 is 8.91 Å². The molecule has 1 fully saturated rings. The van der Waals surface area contributed by atoms with Gasteiger partial charge in [0.05, 0.1) is 0 Å². The molecule has 2 heterocycles. The van der Waals surface area contributed by atoms with Crippen LogP contribution in [-0.2, 0) is 0 Å². The topological polar surface area (TPSA) is 67.6 Å². The van der Waals surface area contributed by atoms with Gasteiger partial charge in [0.1, 0.15) is 11.5 Å². The third-order valence-electron chi connectivity index (χ3n) is 4.95. The fourth-order valence-corrected chi connectivity index (χ4v) is 3.38. The van der Waals surface area contributed by atoms with Crippen LogP contribution in [0.25, 0.3) is 23.3 Å². The molecule has 0 radical (unpaired) electrons. The van der Waals surface area contributed by atoms with Crippen LogP contribution in [0.3, 0.4) is 0 Å². The molecule has 4 rings (SSSR count). The van der Waals surface area contributed by atoms with Crippen LogP contribution < -0.4 is 5.73 Å². The number of hydrogen-bond acceptors (Lipinski definition) is 3. The van der Waals surface area contributed by atoms with Gasteiger partial charge in [0.2, 0.25) is 0 Å². The molecule has 0 saturated carbocycles. The molecule has 5 nitrogen and oxygen atoms in total. The highest BCUT2D eigenvalue weighted by Gasteiger charge is 2.13. The summed E-state index contributed by atoms with van der Waals surface area (Å²) >= 11 is 0. The summed E-state index contributed by atoms with van der Waals surface area (Å²) in [4.78, 5) is 6.37. The van der Waals surface area contributed by atoms with Crippen molar-refractivity contribution in [3.8, 4) is 11.1 Å². The highest BCUT2D eigenvalue weighted by atomic mass is 19.1. The quantitative estimate of drug-likeness (QED) is 0.498. The number of piperidine rings is 1. The number of aromatic nitrogens is 1. The fourth-order valence-electron chi connectivity index (χ4n) is 3.38. The Balaban J connectivity index is 1.45. The van der Waals surface area contributed by atoms with Crippen molar-refractivity contribution in [1.29, 1.82) is 0 Å². The van der Waals surface area contributed by atoms with Crippen LogP contribution in [0.2, 0.25) is 0 Å². The summed E-state index contributed by atoms with van der Waals surface area (Å²) in [5, 5.41) is 3.98. The summed E-state index contributed by atoms with van der Waals surface area (Å²) in [6.07, 6.45) is 7.03. The predicted molar refractivity (Wildman–Crippen MR) is 114 cm³/mol. The highest BCUT2D eigenvalue weighted by molar-refractivity contribution is 5.80. The van der Waals surface area contributed by atoms with Crippen molar-refractivity contribution in [2.24, 2.45) is 10.7 Å². The lowest BCUT2D eigenvalue weighted by Gasteiger charge is -2.27. The predicted octanol–water partition coefficient (Wildman–Crippen LogP) is 5.08. The van der Waals surface area contributed by atoms with E-state index in [1.54, 1.807) is 24.3 Å². The molecule has 2 N–H and O–H groups in total. The first-order chi connectivity index (χ1) is 14.2. The van der Waals surface area contributed by atoms with Gasteiger partial charge in [0, 0.05) is 24.7 Å². The van der Waals surface area contributed by atoms with E-state index in [-0.39, 0.29) is 5.82 Å². The normalized spacial score (nSPS) is 15.2. The Labute approximate surface area is 169 Å². The van der Waals surface area contributed by atoms with Gasteiger partial charge in [-0.15, -0.1) is 0 Å². The van der Waals surface area contributed by atoms with Gasteiger partial charge >= 0.3 is 0 Å². The second kappa shape index (κ2) is 8.73. The molecular weight excluding hydrogens is 367 g/mol. The van der Waals surface area contributed by atoms with Crippen LogP contribution >= 0.6 is 0 Å². The molecule has 1 saturated heterocycles. The van der Waals surface area contributed by atoms with E-state index in [1.807, 2.05) is 36.4 Å². The Morgan fingerprint density at radius 3 is 2.59 bits per heavy atom. The average Bonchev–Trinajstić information content (AvgIpc) is 3.21. The van der Waals surface area contributed by atoms with Gasteiger partial charge in [0.15, 0.2) is 5.96 Å². The van der Waals surface area contributed by atoms with Crippen molar-refractivity contribution in [3.63, 3.8) is 0 Å². The van der Waals surface area contributed by atoms with E-state index in [0.717, 1.165) is 37.1 Å². The van der Waals surface area contributed by atoms with Gasteiger partial charge in [0.25, 0.3) is 5.88 Å². The number of nitrogens with zero attached hydrogens (tertiary/aromatic N) is 3. The van der Waals surface area contributed by atoms with Gasteiger partial charge in [-0.2, -0.15) is 4.99 Å². The average molecular weight is 390 g/mol. The van der Waals surface area contributed by atoms with E-state index in [0.29, 0.717) is 23.1 Å². The van der Waals surface area contributed by atoms with E-state index in [9.17, 15) is 4.39 Å². The summed E-state index contributed by atoms with van der Waals surface area (Å²) < 4.78 is 19.7. The number of hydrogen-bond donors (Lipinski definition) is 1. The molecule has 0 aliphatic carbocycles. The Hall–Kier alpha value is -3.41. The van der Waals surface area contributed by atoms with Gasteiger partial charge < -0.3 is 15.2 Å². The van der Waals surface area contributed by atoms with Crippen LogP contribution in [-0.4, -0.2) is 29.1 Å². The largest absolute Gasteiger partial charge is 0.369 e. The maximum absolute atomic E-state index is 14.5. The zero-order valence-corrected chi connectivity index (χ0v) is 16.1. The molecule has 0 amide bonds. The SMILES string of the molecule is NC(=Nc1cc(C=Cc2ccc(-c3ccccc3)c(F)c2)no1)N1CCCCC1. The van der Waals surface area contributed by atoms with Crippen molar-refractivity contribution in [1.82, 2.24) is 10.1 Å². The summed E-state index contributed by atoms with van der Waals surface area (Å²) in [6, 6.07) is 16.3. The minimum atomic E-state index is -0.266. The summed E-state index contributed by atoms with van der Waals surface area (Å²) in [5.41, 5.74) is 8.83. The lowest BCUT2D eigenvalue weighted by molar-refractivity contribution is 0.338. The number of halogens is 1. The van der Waals surface area contributed by atoms with Crippen molar-refractivity contribution in [2.45, 2.75) is 19.3 Å². The van der Waals surface area contributed by atoms with Gasteiger partial charge in [-0.25, -0.2) is 4.39 Å². The molecule has 148 valence electrons. The van der Waals surface area contributed by atoms with Gasteiger partial charge in [-0.3, -0.25) is 0 Å². The molecule has 1 aliphatic rings. The summed E-state index contributed by atoms with van der Waals surface area (Å²) in [6.45, 7) is 1.83. The van der Waals surface area contributed by atoms with Crippen molar-refractivity contribution in [2.75, 3.05) is 13.1 Å². The second-order valence-electron chi connectivity index (χ2n) is 7.05. The van der Waals surface area contributed by atoms with Crippen LogP contribution in [0.4, 0.5) is 10.3 Å². The van der Waals surface area contributed by atoms with Crippen LogP contribution in [0.1, 0.15) is 30.5 Å². The number of rotatable bonds is 4. The lowest BCUT2D eigenvalue weighted by atomic mass is 10.0. The first kappa shape index (κ1) is 18.9. The molecule has 3 aromatic rings. The maximum Gasteiger partial charge on any atom is 0.254 e. The van der Waals surface area contributed by atoms with Crippen molar-refractivity contribution in [3.05, 3.63) is 71.7 Å². The third kappa shape index (κ3) is 4.71. The molecular formula is C23H23FN4O. The Morgan fingerprint density at radius 1 is 1.03 bits per heavy atom. The molecule has 1 aromatic heterocycles. The molecule has 6 heteroatoms. The van der Waals surface area contributed by atoms with Gasteiger partial charge in [-0.1, -0.05) is 53.7 Å². The molecule has 0 spiro atoms. The molecule has 0 unspecified atom stereocenters. The number of nitrogens with two attached hydrogens (primary N) is 1. The van der Waals surface area contributed by atoms with E-state index < -0.39 is 0 Å². The lowest BCUT2D eigenvalue weighted by Crippen LogP contribution is -2.40. The minimum Gasteiger partial charge on any atom is -0.369 e. The monoisotopic (exact) mass is 390 g/mol. The van der Waals surface area contributed by atoms with Crippen LogP contribution in [0.5, 0.6) is 0 Å². The Kier molecular flexibility index (Phi) is 5.70. The zero-order chi connectivity index (χ0) is 20.1.